The van der Waals surface area contributed by atoms with Gasteiger partial charge in [-0.05, 0) is 77.6 Å². The Morgan fingerprint density at radius 3 is 2.42 bits per heavy atom. The minimum atomic E-state index is -0.0681. The van der Waals surface area contributed by atoms with Crippen molar-refractivity contribution in [3.05, 3.63) is 57.2 Å². The summed E-state index contributed by atoms with van der Waals surface area (Å²) in [4.78, 5) is 12.3. The van der Waals surface area contributed by atoms with Crippen molar-refractivity contribution >= 4 is 34.5 Å². The van der Waals surface area contributed by atoms with E-state index in [0.717, 1.165) is 14.9 Å². The van der Waals surface area contributed by atoms with Crippen molar-refractivity contribution in [3.8, 4) is 17.2 Å². The summed E-state index contributed by atoms with van der Waals surface area (Å²) in [6.07, 6.45) is 3.33. The minimum Gasteiger partial charge on any atom is -0.497 e. The molecule has 0 atom stereocenters. The monoisotopic (exact) mass is 438 g/mol. The standard InChI is InChI=1S/C19H19IO4/c1-4-24-18-12-13(11-16(20)19(18)23-3)5-10-17(21)14-6-8-15(22-2)9-7-14/h5-12H,4H2,1-3H3/b10-5+. The van der Waals surface area contributed by atoms with Crippen LogP contribution in [-0.2, 0) is 0 Å². The van der Waals surface area contributed by atoms with Crippen LogP contribution in [0.25, 0.3) is 6.08 Å². The number of hydrogen-bond acceptors (Lipinski definition) is 4. The Labute approximate surface area is 155 Å². The van der Waals surface area contributed by atoms with E-state index in [4.69, 9.17) is 14.2 Å². The van der Waals surface area contributed by atoms with Crippen LogP contribution in [0.3, 0.4) is 0 Å². The van der Waals surface area contributed by atoms with Crippen LogP contribution in [0.1, 0.15) is 22.8 Å². The summed E-state index contributed by atoms with van der Waals surface area (Å²) in [6.45, 7) is 2.46. The highest BCUT2D eigenvalue weighted by Crippen LogP contribution is 2.34. The SMILES string of the molecule is CCOc1cc(/C=C/C(=O)c2ccc(OC)cc2)cc(I)c1OC. The van der Waals surface area contributed by atoms with Crippen molar-refractivity contribution in [3.63, 3.8) is 0 Å². The van der Waals surface area contributed by atoms with E-state index < -0.39 is 0 Å². The van der Waals surface area contributed by atoms with Crippen LogP contribution in [0, 0.1) is 3.57 Å². The average molecular weight is 438 g/mol. The zero-order chi connectivity index (χ0) is 17.5. The number of methoxy groups -OCH3 is 2. The second kappa shape index (κ2) is 8.73. The van der Waals surface area contributed by atoms with Gasteiger partial charge in [0.2, 0.25) is 0 Å². The third-order valence-corrected chi connectivity index (χ3v) is 4.14. The van der Waals surface area contributed by atoms with Gasteiger partial charge in [-0.2, -0.15) is 0 Å². The molecule has 2 rings (SSSR count). The summed E-state index contributed by atoms with van der Waals surface area (Å²) in [6, 6.07) is 10.8. The predicted molar refractivity (Wildman–Crippen MR) is 103 cm³/mol. The molecule has 0 unspecified atom stereocenters. The number of benzene rings is 2. The molecule has 0 N–H and O–H groups in total. The van der Waals surface area contributed by atoms with Crippen molar-refractivity contribution in [2.75, 3.05) is 20.8 Å². The zero-order valence-electron chi connectivity index (χ0n) is 13.8. The fraction of sp³-hybridized carbons (Fsp3) is 0.211. The zero-order valence-corrected chi connectivity index (χ0v) is 16.0. The first-order valence-electron chi connectivity index (χ1n) is 7.45. The fourth-order valence-corrected chi connectivity index (χ4v) is 3.01. The highest BCUT2D eigenvalue weighted by Gasteiger charge is 2.10. The number of carbonyl (C=O) groups is 1. The Morgan fingerprint density at radius 1 is 1.12 bits per heavy atom. The molecule has 0 fully saturated rings. The smallest absolute Gasteiger partial charge is 0.185 e. The maximum absolute atomic E-state index is 12.3. The lowest BCUT2D eigenvalue weighted by atomic mass is 10.1. The van der Waals surface area contributed by atoms with Gasteiger partial charge in [-0.25, -0.2) is 0 Å². The lowest BCUT2D eigenvalue weighted by molar-refractivity contribution is 0.104. The summed E-state index contributed by atoms with van der Waals surface area (Å²) in [5, 5.41) is 0. The molecular formula is C19H19IO4. The van der Waals surface area contributed by atoms with Gasteiger partial charge in [-0.15, -0.1) is 0 Å². The molecule has 24 heavy (non-hydrogen) atoms. The maximum atomic E-state index is 12.3. The van der Waals surface area contributed by atoms with Gasteiger partial charge in [0.05, 0.1) is 24.4 Å². The van der Waals surface area contributed by atoms with Crippen LogP contribution in [0.4, 0.5) is 0 Å². The van der Waals surface area contributed by atoms with Crippen molar-refractivity contribution in [2.24, 2.45) is 0 Å². The van der Waals surface area contributed by atoms with Crippen molar-refractivity contribution < 1.29 is 19.0 Å². The molecule has 4 nitrogen and oxygen atoms in total. The van der Waals surface area contributed by atoms with E-state index in [2.05, 4.69) is 22.6 Å². The average Bonchev–Trinajstić information content (AvgIpc) is 2.60. The first-order valence-corrected chi connectivity index (χ1v) is 8.53. The molecule has 0 aliphatic rings. The Kier molecular flexibility index (Phi) is 6.66. The van der Waals surface area contributed by atoms with Gasteiger partial charge < -0.3 is 14.2 Å². The molecule has 0 heterocycles. The number of rotatable bonds is 7. The number of allylic oxidation sites excluding steroid dienone is 1. The van der Waals surface area contributed by atoms with E-state index in [0.29, 0.717) is 23.7 Å². The van der Waals surface area contributed by atoms with Gasteiger partial charge in [0, 0.05) is 5.56 Å². The number of ether oxygens (including phenoxy) is 3. The van der Waals surface area contributed by atoms with E-state index in [1.165, 1.54) is 0 Å². The van der Waals surface area contributed by atoms with Gasteiger partial charge in [0.1, 0.15) is 5.75 Å². The van der Waals surface area contributed by atoms with Crippen molar-refractivity contribution in [1.29, 1.82) is 0 Å². The number of ketones is 1. The molecule has 0 spiro atoms. The molecule has 0 saturated heterocycles. The minimum absolute atomic E-state index is 0.0681. The first kappa shape index (κ1) is 18.3. The lowest BCUT2D eigenvalue weighted by Gasteiger charge is -2.12. The molecule has 0 aliphatic carbocycles. The normalized spacial score (nSPS) is 10.7. The van der Waals surface area contributed by atoms with Crippen molar-refractivity contribution in [2.45, 2.75) is 6.92 Å². The molecule has 0 aromatic heterocycles. The van der Waals surface area contributed by atoms with Crippen LogP contribution in [0.5, 0.6) is 17.2 Å². The van der Waals surface area contributed by atoms with Gasteiger partial charge in [-0.3, -0.25) is 4.79 Å². The number of halogens is 1. The quantitative estimate of drug-likeness (QED) is 0.360. The molecule has 0 aliphatic heterocycles. The van der Waals surface area contributed by atoms with Crippen LogP contribution >= 0.6 is 22.6 Å². The van der Waals surface area contributed by atoms with E-state index in [-0.39, 0.29) is 5.78 Å². The molecule has 2 aromatic carbocycles. The van der Waals surface area contributed by atoms with Gasteiger partial charge >= 0.3 is 0 Å². The molecule has 126 valence electrons. The maximum Gasteiger partial charge on any atom is 0.185 e. The number of hydrogen-bond donors (Lipinski definition) is 0. The molecule has 0 radical (unpaired) electrons. The summed E-state index contributed by atoms with van der Waals surface area (Å²) in [5.41, 5.74) is 1.49. The van der Waals surface area contributed by atoms with Crippen LogP contribution in [0.15, 0.2) is 42.5 Å². The van der Waals surface area contributed by atoms with Gasteiger partial charge in [0.25, 0.3) is 0 Å². The molecule has 5 heteroatoms. The Balaban J connectivity index is 2.22. The Bertz CT molecular complexity index is 736. The fourth-order valence-electron chi connectivity index (χ4n) is 2.17. The second-order valence-electron chi connectivity index (χ2n) is 4.89. The number of carbonyl (C=O) groups excluding carboxylic acids is 1. The summed E-state index contributed by atoms with van der Waals surface area (Å²) >= 11 is 2.19. The molecule has 2 aromatic rings. The topological polar surface area (TPSA) is 44.8 Å². The van der Waals surface area contributed by atoms with Crippen molar-refractivity contribution in [1.82, 2.24) is 0 Å². The van der Waals surface area contributed by atoms with Crippen LogP contribution in [0.2, 0.25) is 0 Å². The van der Waals surface area contributed by atoms with Gasteiger partial charge in [0.15, 0.2) is 17.3 Å². The lowest BCUT2D eigenvalue weighted by Crippen LogP contribution is -1.98. The molecule has 0 amide bonds. The molecular weight excluding hydrogens is 419 g/mol. The summed E-state index contributed by atoms with van der Waals surface area (Å²) in [7, 11) is 3.21. The Hall–Kier alpha value is -2.02. The van der Waals surface area contributed by atoms with E-state index in [1.54, 1.807) is 50.6 Å². The largest absolute Gasteiger partial charge is 0.497 e. The molecule has 0 saturated carbocycles. The third kappa shape index (κ3) is 4.50. The van der Waals surface area contributed by atoms with E-state index >= 15 is 0 Å². The summed E-state index contributed by atoms with van der Waals surface area (Å²) < 4.78 is 17.0. The second-order valence-corrected chi connectivity index (χ2v) is 6.06. The third-order valence-electron chi connectivity index (χ3n) is 3.34. The van der Waals surface area contributed by atoms with E-state index in [9.17, 15) is 4.79 Å². The van der Waals surface area contributed by atoms with Crippen LogP contribution < -0.4 is 14.2 Å². The molecule has 0 bridgehead atoms. The highest BCUT2D eigenvalue weighted by atomic mass is 127. The predicted octanol–water partition coefficient (Wildman–Crippen LogP) is 4.60. The van der Waals surface area contributed by atoms with Crippen LogP contribution in [-0.4, -0.2) is 26.6 Å². The highest BCUT2D eigenvalue weighted by molar-refractivity contribution is 14.1. The first-order chi connectivity index (χ1) is 11.6. The van der Waals surface area contributed by atoms with Gasteiger partial charge in [-0.1, -0.05) is 6.08 Å². The van der Waals surface area contributed by atoms with E-state index in [1.807, 2.05) is 19.1 Å². The summed E-state index contributed by atoms with van der Waals surface area (Å²) in [5.74, 6) is 2.03. The Morgan fingerprint density at radius 2 is 1.83 bits per heavy atom.